The number of ketones is 1. The molecule has 5 nitrogen and oxygen atoms in total. The second kappa shape index (κ2) is 6.72. The molecule has 0 saturated heterocycles. The highest BCUT2D eigenvalue weighted by molar-refractivity contribution is 7.90. The molecule has 130 valence electrons. The van der Waals surface area contributed by atoms with Crippen molar-refractivity contribution in [3.8, 4) is 5.75 Å². The Labute approximate surface area is 146 Å². The molecule has 0 saturated carbocycles. The van der Waals surface area contributed by atoms with Crippen LogP contribution in [0.25, 0.3) is 11.0 Å². The van der Waals surface area contributed by atoms with Gasteiger partial charge in [-0.3, -0.25) is 4.79 Å². The summed E-state index contributed by atoms with van der Waals surface area (Å²) in [6.45, 7) is 2.64. The van der Waals surface area contributed by atoms with E-state index in [1.54, 1.807) is 12.1 Å². The summed E-state index contributed by atoms with van der Waals surface area (Å²) in [6.07, 6.45) is 2.03. The SMILES string of the molecule is CCCOc1ccc2cc(C(=O)c3ccc(S(C)(=O)=O)cc3)oc2c1. The zero-order valence-electron chi connectivity index (χ0n) is 14.0. The van der Waals surface area contributed by atoms with Crippen molar-refractivity contribution in [2.75, 3.05) is 12.9 Å². The predicted molar refractivity (Wildman–Crippen MR) is 95.0 cm³/mol. The van der Waals surface area contributed by atoms with Crippen molar-refractivity contribution in [3.05, 3.63) is 59.9 Å². The number of hydrogen-bond acceptors (Lipinski definition) is 5. The minimum atomic E-state index is -3.29. The van der Waals surface area contributed by atoms with Gasteiger partial charge in [0.2, 0.25) is 5.78 Å². The summed E-state index contributed by atoms with van der Waals surface area (Å²) < 4.78 is 34.2. The smallest absolute Gasteiger partial charge is 0.228 e. The number of sulfone groups is 1. The molecular weight excluding hydrogens is 340 g/mol. The second-order valence-electron chi connectivity index (χ2n) is 5.78. The number of hydrogen-bond donors (Lipinski definition) is 0. The van der Waals surface area contributed by atoms with Gasteiger partial charge in [0.1, 0.15) is 11.3 Å². The third-order valence-corrected chi connectivity index (χ3v) is 4.86. The van der Waals surface area contributed by atoms with Gasteiger partial charge in [0.05, 0.1) is 11.5 Å². The van der Waals surface area contributed by atoms with Gasteiger partial charge in [-0.05, 0) is 48.9 Å². The third-order valence-electron chi connectivity index (χ3n) is 3.73. The van der Waals surface area contributed by atoms with Crippen molar-refractivity contribution < 1.29 is 22.4 Å². The molecular formula is C19H18O5S. The van der Waals surface area contributed by atoms with Gasteiger partial charge in [0.15, 0.2) is 15.6 Å². The normalized spacial score (nSPS) is 11.6. The van der Waals surface area contributed by atoms with Crippen LogP contribution < -0.4 is 4.74 Å². The van der Waals surface area contributed by atoms with Crippen LogP contribution in [0.2, 0.25) is 0 Å². The summed E-state index contributed by atoms with van der Waals surface area (Å²) >= 11 is 0. The van der Waals surface area contributed by atoms with E-state index in [0.29, 0.717) is 23.5 Å². The monoisotopic (exact) mass is 358 g/mol. The molecule has 0 aliphatic carbocycles. The first-order chi connectivity index (χ1) is 11.9. The number of benzene rings is 2. The van der Waals surface area contributed by atoms with Crippen LogP contribution in [0.15, 0.2) is 57.8 Å². The van der Waals surface area contributed by atoms with E-state index in [1.165, 1.54) is 24.3 Å². The van der Waals surface area contributed by atoms with Crippen LogP contribution in [-0.2, 0) is 9.84 Å². The molecule has 0 aliphatic heterocycles. The third kappa shape index (κ3) is 3.74. The summed E-state index contributed by atoms with van der Waals surface area (Å²) in [7, 11) is -3.29. The van der Waals surface area contributed by atoms with Gasteiger partial charge in [-0.2, -0.15) is 0 Å². The fraction of sp³-hybridized carbons (Fsp3) is 0.211. The van der Waals surface area contributed by atoms with Crippen molar-refractivity contribution in [3.63, 3.8) is 0 Å². The van der Waals surface area contributed by atoms with Crippen LogP contribution in [0.4, 0.5) is 0 Å². The number of fused-ring (bicyclic) bond motifs is 1. The van der Waals surface area contributed by atoms with E-state index in [0.717, 1.165) is 18.1 Å². The first-order valence-corrected chi connectivity index (χ1v) is 9.79. The maximum Gasteiger partial charge on any atom is 0.228 e. The molecule has 3 rings (SSSR count). The van der Waals surface area contributed by atoms with Crippen molar-refractivity contribution in [1.29, 1.82) is 0 Å². The molecule has 0 N–H and O–H groups in total. The van der Waals surface area contributed by atoms with Gasteiger partial charge in [-0.25, -0.2) is 8.42 Å². The highest BCUT2D eigenvalue weighted by Crippen LogP contribution is 2.26. The number of carbonyl (C=O) groups excluding carboxylic acids is 1. The Kier molecular flexibility index (Phi) is 4.63. The molecule has 1 aromatic heterocycles. The molecule has 0 amide bonds. The molecule has 0 radical (unpaired) electrons. The fourth-order valence-electron chi connectivity index (χ4n) is 2.43. The van der Waals surface area contributed by atoms with Gasteiger partial charge in [-0.1, -0.05) is 6.92 Å². The highest BCUT2D eigenvalue weighted by Gasteiger charge is 2.16. The number of ether oxygens (including phenoxy) is 1. The van der Waals surface area contributed by atoms with Gasteiger partial charge in [-0.15, -0.1) is 0 Å². The minimum Gasteiger partial charge on any atom is -0.493 e. The quantitative estimate of drug-likeness (QED) is 0.626. The lowest BCUT2D eigenvalue weighted by Gasteiger charge is -2.03. The van der Waals surface area contributed by atoms with E-state index in [-0.39, 0.29) is 16.4 Å². The summed E-state index contributed by atoms with van der Waals surface area (Å²) in [5.41, 5.74) is 0.943. The first-order valence-electron chi connectivity index (χ1n) is 7.89. The standard InChI is InChI=1S/C19H18O5S/c1-3-10-23-15-7-4-14-11-18(24-17(14)12-15)19(20)13-5-8-16(9-6-13)25(2,21)22/h4-9,11-12H,3,10H2,1-2H3. The van der Waals surface area contributed by atoms with Crippen molar-refractivity contribution in [2.45, 2.75) is 18.2 Å². The Morgan fingerprint density at radius 1 is 1.08 bits per heavy atom. The fourth-order valence-corrected chi connectivity index (χ4v) is 3.06. The average Bonchev–Trinajstić information content (AvgIpc) is 3.02. The van der Waals surface area contributed by atoms with Gasteiger partial charge in [0, 0.05) is 23.3 Å². The maximum absolute atomic E-state index is 12.6. The van der Waals surface area contributed by atoms with Crippen LogP contribution in [0.3, 0.4) is 0 Å². The molecule has 0 atom stereocenters. The summed E-state index contributed by atoms with van der Waals surface area (Å²) in [4.78, 5) is 12.7. The van der Waals surface area contributed by atoms with Gasteiger partial charge < -0.3 is 9.15 Å². The molecule has 0 spiro atoms. The van der Waals surface area contributed by atoms with E-state index in [9.17, 15) is 13.2 Å². The van der Waals surface area contributed by atoms with Crippen LogP contribution in [0.5, 0.6) is 5.75 Å². The molecule has 3 aromatic rings. The molecule has 2 aromatic carbocycles. The molecule has 0 bridgehead atoms. The predicted octanol–water partition coefficient (Wildman–Crippen LogP) is 3.86. The number of rotatable bonds is 6. The van der Waals surface area contributed by atoms with E-state index in [2.05, 4.69) is 0 Å². The number of carbonyl (C=O) groups is 1. The lowest BCUT2D eigenvalue weighted by Crippen LogP contribution is -2.01. The molecule has 0 aliphatic rings. The zero-order valence-corrected chi connectivity index (χ0v) is 14.8. The molecule has 25 heavy (non-hydrogen) atoms. The lowest BCUT2D eigenvalue weighted by molar-refractivity contribution is 0.101. The van der Waals surface area contributed by atoms with E-state index < -0.39 is 9.84 Å². The zero-order chi connectivity index (χ0) is 18.0. The van der Waals surface area contributed by atoms with Crippen LogP contribution in [0.1, 0.15) is 29.5 Å². The molecule has 0 unspecified atom stereocenters. The van der Waals surface area contributed by atoms with Gasteiger partial charge >= 0.3 is 0 Å². The lowest BCUT2D eigenvalue weighted by atomic mass is 10.1. The van der Waals surface area contributed by atoms with Crippen LogP contribution in [0, 0.1) is 0 Å². The van der Waals surface area contributed by atoms with Crippen molar-refractivity contribution in [2.24, 2.45) is 0 Å². The van der Waals surface area contributed by atoms with Crippen LogP contribution >= 0.6 is 0 Å². The Balaban J connectivity index is 1.89. The molecule has 0 fully saturated rings. The molecule has 6 heteroatoms. The van der Waals surface area contributed by atoms with Gasteiger partial charge in [0.25, 0.3) is 0 Å². The molecule has 1 heterocycles. The van der Waals surface area contributed by atoms with Crippen molar-refractivity contribution >= 4 is 26.6 Å². The Morgan fingerprint density at radius 3 is 2.44 bits per heavy atom. The Morgan fingerprint density at radius 2 is 1.80 bits per heavy atom. The topological polar surface area (TPSA) is 73.6 Å². The Hall–Kier alpha value is -2.60. The first kappa shape index (κ1) is 17.2. The van der Waals surface area contributed by atoms with E-state index in [1.807, 2.05) is 19.1 Å². The second-order valence-corrected chi connectivity index (χ2v) is 7.80. The van der Waals surface area contributed by atoms with E-state index >= 15 is 0 Å². The van der Waals surface area contributed by atoms with Crippen LogP contribution in [-0.4, -0.2) is 27.1 Å². The van der Waals surface area contributed by atoms with Crippen molar-refractivity contribution in [1.82, 2.24) is 0 Å². The maximum atomic E-state index is 12.6. The number of furan rings is 1. The summed E-state index contributed by atoms with van der Waals surface area (Å²) in [5.74, 6) is 0.599. The average molecular weight is 358 g/mol. The van der Waals surface area contributed by atoms with E-state index in [4.69, 9.17) is 9.15 Å². The largest absolute Gasteiger partial charge is 0.493 e. The summed E-state index contributed by atoms with van der Waals surface area (Å²) in [5, 5.41) is 0.806. The minimum absolute atomic E-state index is 0.173. The highest BCUT2D eigenvalue weighted by atomic mass is 32.2. The Bertz CT molecular complexity index is 1010. The summed E-state index contributed by atoms with van der Waals surface area (Å²) in [6, 6.07) is 12.9.